The molecule has 6 heteroatoms. The topological polar surface area (TPSA) is 81.4 Å². The SMILES string of the molecule is COc1cccc(-c2cc(CCC(=O)O)c(=O)n(C)n2)c1. The van der Waals surface area contributed by atoms with Gasteiger partial charge in [-0.1, -0.05) is 12.1 Å². The molecule has 0 aliphatic carbocycles. The third-order valence-corrected chi connectivity index (χ3v) is 3.11. The molecule has 1 heterocycles. The number of aromatic nitrogens is 2. The summed E-state index contributed by atoms with van der Waals surface area (Å²) in [5.41, 5.74) is 1.58. The number of nitrogens with zero attached hydrogens (tertiary/aromatic N) is 2. The Hall–Kier alpha value is -2.63. The Kier molecular flexibility index (Phi) is 4.37. The van der Waals surface area contributed by atoms with Gasteiger partial charge < -0.3 is 9.84 Å². The van der Waals surface area contributed by atoms with E-state index in [-0.39, 0.29) is 18.4 Å². The number of hydrogen-bond donors (Lipinski definition) is 1. The summed E-state index contributed by atoms with van der Waals surface area (Å²) in [7, 11) is 3.13. The predicted molar refractivity (Wildman–Crippen MR) is 77.4 cm³/mol. The Morgan fingerprint density at radius 3 is 2.81 bits per heavy atom. The lowest BCUT2D eigenvalue weighted by Gasteiger charge is -2.08. The summed E-state index contributed by atoms with van der Waals surface area (Å²) >= 11 is 0. The van der Waals surface area contributed by atoms with E-state index < -0.39 is 5.97 Å². The lowest BCUT2D eigenvalue weighted by atomic mass is 10.1. The first kappa shape index (κ1) is 14.8. The third kappa shape index (κ3) is 3.47. The number of carboxylic acid groups (broad SMARTS) is 1. The first-order chi connectivity index (χ1) is 10.0. The molecule has 2 aromatic rings. The van der Waals surface area contributed by atoms with Crippen LogP contribution < -0.4 is 10.3 Å². The molecular weight excluding hydrogens is 272 g/mol. The number of aryl methyl sites for hydroxylation is 2. The average molecular weight is 288 g/mol. The molecule has 2 rings (SSSR count). The monoisotopic (exact) mass is 288 g/mol. The van der Waals surface area contributed by atoms with Crippen molar-refractivity contribution in [2.24, 2.45) is 7.05 Å². The quantitative estimate of drug-likeness (QED) is 0.901. The molecule has 0 bridgehead atoms. The number of carboxylic acids is 1. The standard InChI is InChI=1S/C15H16N2O4/c1-17-15(20)11(6-7-14(18)19)9-13(16-17)10-4-3-5-12(8-10)21-2/h3-5,8-9H,6-7H2,1-2H3,(H,18,19). The van der Waals surface area contributed by atoms with Crippen LogP contribution in [0.5, 0.6) is 5.75 Å². The van der Waals surface area contributed by atoms with Crippen molar-refractivity contribution in [1.29, 1.82) is 0 Å². The fourth-order valence-corrected chi connectivity index (χ4v) is 2.01. The van der Waals surface area contributed by atoms with Crippen LogP contribution in [0.3, 0.4) is 0 Å². The molecular formula is C15H16N2O4. The predicted octanol–water partition coefficient (Wildman–Crippen LogP) is 1.47. The van der Waals surface area contributed by atoms with E-state index in [9.17, 15) is 9.59 Å². The summed E-state index contributed by atoms with van der Waals surface area (Å²) in [6.07, 6.45) is 0.0955. The van der Waals surface area contributed by atoms with E-state index in [0.29, 0.717) is 17.0 Å². The van der Waals surface area contributed by atoms with E-state index in [1.165, 1.54) is 4.68 Å². The highest BCUT2D eigenvalue weighted by molar-refractivity contribution is 5.67. The molecule has 0 unspecified atom stereocenters. The summed E-state index contributed by atoms with van der Waals surface area (Å²) in [4.78, 5) is 22.6. The van der Waals surface area contributed by atoms with Crippen molar-refractivity contribution >= 4 is 5.97 Å². The average Bonchev–Trinajstić information content (AvgIpc) is 2.48. The summed E-state index contributed by atoms with van der Waals surface area (Å²) in [5.74, 6) is -0.243. The number of benzene rings is 1. The lowest BCUT2D eigenvalue weighted by molar-refractivity contribution is -0.136. The smallest absolute Gasteiger partial charge is 0.303 e. The summed E-state index contributed by atoms with van der Waals surface area (Å²) in [6.45, 7) is 0. The van der Waals surface area contributed by atoms with E-state index in [0.717, 1.165) is 5.56 Å². The van der Waals surface area contributed by atoms with Crippen LogP contribution in [0.4, 0.5) is 0 Å². The molecule has 6 nitrogen and oxygen atoms in total. The molecule has 0 spiro atoms. The lowest BCUT2D eigenvalue weighted by Crippen LogP contribution is -2.24. The second-order valence-electron chi connectivity index (χ2n) is 4.61. The first-order valence-corrected chi connectivity index (χ1v) is 6.44. The molecule has 0 aliphatic heterocycles. The molecule has 0 saturated heterocycles. The highest BCUT2D eigenvalue weighted by Gasteiger charge is 2.10. The number of methoxy groups -OCH3 is 1. The highest BCUT2D eigenvalue weighted by atomic mass is 16.5. The van der Waals surface area contributed by atoms with Crippen LogP contribution in [0.2, 0.25) is 0 Å². The molecule has 0 radical (unpaired) electrons. The van der Waals surface area contributed by atoms with Gasteiger partial charge >= 0.3 is 5.97 Å². The van der Waals surface area contributed by atoms with Crippen molar-refractivity contribution in [1.82, 2.24) is 9.78 Å². The van der Waals surface area contributed by atoms with E-state index >= 15 is 0 Å². The Bertz CT molecular complexity index is 722. The molecule has 0 fully saturated rings. The van der Waals surface area contributed by atoms with E-state index in [2.05, 4.69) is 5.10 Å². The van der Waals surface area contributed by atoms with Gasteiger partial charge in [-0.2, -0.15) is 5.10 Å². The molecule has 110 valence electrons. The fourth-order valence-electron chi connectivity index (χ4n) is 2.01. The van der Waals surface area contributed by atoms with Crippen molar-refractivity contribution in [3.8, 4) is 17.0 Å². The van der Waals surface area contributed by atoms with Crippen LogP contribution in [0.15, 0.2) is 35.1 Å². The van der Waals surface area contributed by atoms with Crippen LogP contribution >= 0.6 is 0 Å². The zero-order valence-corrected chi connectivity index (χ0v) is 11.9. The van der Waals surface area contributed by atoms with Gasteiger partial charge in [0.1, 0.15) is 5.75 Å². The Labute approximate surface area is 121 Å². The largest absolute Gasteiger partial charge is 0.497 e. The first-order valence-electron chi connectivity index (χ1n) is 6.44. The molecule has 0 atom stereocenters. The number of carbonyl (C=O) groups is 1. The third-order valence-electron chi connectivity index (χ3n) is 3.11. The zero-order chi connectivity index (χ0) is 15.4. The van der Waals surface area contributed by atoms with Crippen molar-refractivity contribution in [2.45, 2.75) is 12.8 Å². The molecule has 1 aromatic carbocycles. The van der Waals surface area contributed by atoms with Gasteiger partial charge in [0.15, 0.2) is 0 Å². The number of hydrogen-bond acceptors (Lipinski definition) is 4. The minimum atomic E-state index is -0.934. The number of rotatable bonds is 5. The van der Waals surface area contributed by atoms with E-state index in [1.807, 2.05) is 24.3 Å². The Balaban J connectivity index is 2.44. The van der Waals surface area contributed by atoms with Gasteiger partial charge in [-0.3, -0.25) is 9.59 Å². The molecule has 0 aliphatic rings. The van der Waals surface area contributed by atoms with Gasteiger partial charge in [0, 0.05) is 24.6 Å². The minimum Gasteiger partial charge on any atom is -0.497 e. The van der Waals surface area contributed by atoms with Gasteiger partial charge in [-0.25, -0.2) is 4.68 Å². The van der Waals surface area contributed by atoms with Crippen LogP contribution in [0.1, 0.15) is 12.0 Å². The van der Waals surface area contributed by atoms with Gasteiger partial charge in [0.25, 0.3) is 5.56 Å². The van der Waals surface area contributed by atoms with Gasteiger partial charge in [0.05, 0.1) is 12.8 Å². The molecule has 0 saturated carbocycles. The maximum absolute atomic E-state index is 12.0. The number of ether oxygens (including phenoxy) is 1. The van der Waals surface area contributed by atoms with Crippen molar-refractivity contribution in [2.75, 3.05) is 7.11 Å². The van der Waals surface area contributed by atoms with Gasteiger partial charge in [0.2, 0.25) is 0 Å². The summed E-state index contributed by atoms with van der Waals surface area (Å²) < 4.78 is 6.39. The normalized spacial score (nSPS) is 10.4. The maximum Gasteiger partial charge on any atom is 0.303 e. The summed E-state index contributed by atoms with van der Waals surface area (Å²) in [5, 5.41) is 13.0. The molecule has 1 aromatic heterocycles. The Morgan fingerprint density at radius 1 is 1.38 bits per heavy atom. The van der Waals surface area contributed by atoms with Gasteiger partial charge in [-0.15, -0.1) is 0 Å². The second-order valence-corrected chi connectivity index (χ2v) is 4.61. The Morgan fingerprint density at radius 2 is 2.14 bits per heavy atom. The zero-order valence-electron chi connectivity index (χ0n) is 11.9. The minimum absolute atomic E-state index is 0.0865. The van der Waals surface area contributed by atoms with Crippen LogP contribution in [0.25, 0.3) is 11.3 Å². The van der Waals surface area contributed by atoms with Crippen molar-refractivity contribution in [3.63, 3.8) is 0 Å². The second kappa shape index (κ2) is 6.21. The van der Waals surface area contributed by atoms with Crippen LogP contribution in [-0.2, 0) is 18.3 Å². The van der Waals surface area contributed by atoms with Crippen LogP contribution in [-0.4, -0.2) is 28.0 Å². The fraction of sp³-hybridized carbons (Fsp3) is 0.267. The van der Waals surface area contributed by atoms with Crippen LogP contribution in [0, 0.1) is 0 Å². The summed E-state index contributed by atoms with van der Waals surface area (Å²) in [6, 6.07) is 8.96. The van der Waals surface area contributed by atoms with Gasteiger partial charge in [-0.05, 0) is 24.6 Å². The molecule has 0 amide bonds. The van der Waals surface area contributed by atoms with Crippen molar-refractivity contribution < 1.29 is 14.6 Å². The maximum atomic E-state index is 12.0. The van der Waals surface area contributed by atoms with E-state index in [4.69, 9.17) is 9.84 Å². The molecule has 1 N–H and O–H groups in total. The van der Waals surface area contributed by atoms with Crippen molar-refractivity contribution in [3.05, 3.63) is 46.2 Å². The highest BCUT2D eigenvalue weighted by Crippen LogP contribution is 2.22. The van der Waals surface area contributed by atoms with E-state index in [1.54, 1.807) is 20.2 Å². The molecule has 21 heavy (non-hydrogen) atoms. The number of aliphatic carboxylic acids is 1.